The van der Waals surface area contributed by atoms with Gasteiger partial charge < -0.3 is 29.2 Å². The molecule has 1 fully saturated rings. The van der Waals surface area contributed by atoms with E-state index >= 15 is 0 Å². The fourth-order valence-electron chi connectivity index (χ4n) is 5.66. The van der Waals surface area contributed by atoms with Gasteiger partial charge >= 0.3 is 0 Å². The second-order valence-electron chi connectivity index (χ2n) is 11.8. The number of aryl methyl sites for hydroxylation is 1. The lowest BCUT2D eigenvalue weighted by molar-refractivity contribution is -0.0102. The van der Waals surface area contributed by atoms with Gasteiger partial charge in [0.05, 0.1) is 28.4 Å². The maximum Gasteiger partial charge on any atom is 0.261 e. The normalized spacial score (nSPS) is 14.5. The van der Waals surface area contributed by atoms with Crippen LogP contribution in [0.5, 0.6) is 23.0 Å². The van der Waals surface area contributed by atoms with Crippen LogP contribution in [0.2, 0.25) is 0 Å². The predicted octanol–water partition coefficient (Wildman–Crippen LogP) is 5.48. The Morgan fingerprint density at radius 2 is 1.51 bits per heavy atom. The number of nitrogens with zero attached hydrogens (tertiary/aromatic N) is 5. The maximum absolute atomic E-state index is 14.4. The molecule has 2 aromatic carbocycles. The fraction of sp³-hybridized carbons (Fsp3) is 0.371. The molecular formula is C35H40F2N6O7S. The third kappa shape index (κ3) is 8.80. The monoisotopic (exact) mass is 726 g/mol. The second kappa shape index (κ2) is 15.9. The quantitative estimate of drug-likeness (QED) is 0.187. The predicted molar refractivity (Wildman–Crippen MR) is 185 cm³/mol. The summed E-state index contributed by atoms with van der Waals surface area (Å²) >= 11 is 0. The number of hydrogen-bond acceptors (Lipinski definition) is 11. The van der Waals surface area contributed by atoms with Gasteiger partial charge in [-0.15, -0.1) is 0 Å². The Morgan fingerprint density at radius 3 is 2.10 bits per heavy atom. The number of carbonyl (C=O) groups is 1. The van der Waals surface area contributed by atoms with Crippen molar-refractivity contribution < 1.29 is 40.9 Å². The average molecular weight is 727 g/mol. The molecule has 5 rings (SSSR count). The molecule has 1 N–H and O–H groups in total. The van der Waals surface area contributed by atoms with Gasteiger partial charge in [-0.25, -0.2) is 32.2 Å². The molecular weight excluding hydrogens is 686 g/mol. The molecule has 2 aromatic heterocycles. The molecule has 0 saturated carbocycles. The topological polar surface area (TPSA) is 145 Å². The number of benzene rings is 2. The number of pyridine rings is 1. The maximum atomic E-state index is 14.4. The third-order valence-electron chi connectivity index (χ3n) is 8.43. The van der Waals surface area contributed by atoms with Crippen LogP contribution in [0.15, 0.2) is 66.0 Å². The first kappa shape index (κ1) is 37.2. The van der Waals surface area contributed by atoms with E-state index in [4.69, 9.17) is 18.9 Å². The van der Waals surface area contributed by atoms with E-state index in [1.165, 1.54) is 57.3 Å². The summed E-state index contributed by atoms with van der Waals surface area (Å²) in [6, 6.07) is 12.8. The van der Waals surface area contributed by atoms with E-state index in [1.807, 2.05) is 0 Å². The van der Waals surface area contributed by atoms with Crippen LogP contribution in [0.25, 0.3) is 0 Å². The van der Waals surface area contributed by atoms with Crippen LogP contribution in [0.4, 0.5) is 20.3 Å². The summed E-state index contributed by atoms with van der Waals surface area (Å²) < 4.78 is 80.0. The summed E-state index contributed by atoms with van der Waals surface area (Å²) in [5.41, 5.74) is 1.30. The number of aromatic nitrogens is 3. The summed E-state index contributed by atoms with van der Waals surface area (Å²) in [6.45, 7) is 1.70. The van der Waals surface area contributed by atoms with Gasteiger partial charge in [0, 0.05) is 86.4 Å². The SMILES string of the molecule is COc1ccc(CN(Cc2ccc(OC)cc2OC)S(=O)(=O)c2cc(NC(=O)c3cnc(C)nc3N3CCCC(F)(F)CC3)ccn2)c(OC)c1. The van der Waals surface area contributed by atoms with E-state index in [1.54, 1.807) is 48.2 Å². The molecule has 0 atom stereocenters. The van der Waals surface area contributed by atoms with Gasteiger partial charge in [0.2, 0.25) is 5.92 Å². The van der Waals surface area contributed by atoms with E-state index in [2.05, 4.69) is 20.3 Å². The summed E-state index contributed by atoms with van der Waals surface area (Å²) in [7, 11) is 1.63. The number of methoxy groups -OCH3 is 4. The number of ether oxygens (including phenoxy) is 4. The largest absolute Gasteiger partial charge is 0.497 e. The second-order valence-corrected chi connectivity index (χ2v) is 13.7. The number of sulfonamides is 1. The summed E-state index contributed by atoms with van der Waals surface area (Å²) in [5.74, 6) is -0.958. The minimum Gasteiger partial charge on any atom is -0.497 e. The number of halogens is 2. The molecule has 0 radical (unpaired) electrons. The van der Waals surface area contributed by atoms with Gasteiger partial charge in [0.15, 0.2) is 5.03 Å². The average Bonchev–Trinajstić information content (AvgIpc) is 3.31. The minimum absolute atomic E-state index is 0.00911. The standard InChI is InChI=1S/C35H40F2N6O7S/c1-23-39-20-29(33(40-23)42-15-6-12-35(36,37)13-16-42)34(44)41-26-11-14-38-32(17-26)51(45,46)43(21-24-7-9-27(47-2)18-30(24)49-4)22-25-8-10-28(48-3)19-31(25)50-5/h7-11,14,17-20H,6,12-13,15-16,21-22H2,1-5H3,(H,38,41,44). The van der Waals surface area contributed by atoms with Crippen LogP contribution in [-0.2, 0) is 23.1 Å². The van der Waals surface area contributed by atoms with Gasteiger partial charge in [-0.05, 0) is 31.5 Å². The van der Waals surface area contributed by atoms with Crippen molar-refractivity contribution in [1.82, 2.24) is 19.3 Å². The Kier molecular flexibility index (Phi) is 11.6. The molecule has 4 aromatic rings. The highest BCUT2D eigenvalue weighted by Gasteiger charge is 2.34. The Balaban J connectivity index is 1.47. The summed E-state index contributed by atoms with van der Waals surface area (Å²) in [5, 5.41) is 2.38. The van der Waals surface area contributed by atoms with Crippen molar-refractivity contribution >= 4 is 27.4 Å². The first-order valence-electron chi connectivity index (χ1n) is 16.0. The van der Waals surface area contributed by atoms with Crippen LogP contribution in [-0.4, -0.2) is 81.0 Å². The molecule has 272 valence electrons. The Hall–Kier alpha value is -5.09. The highest BCUT2D eigenvalue weighted by molar-refractivity contribution is 7.89. The lowest BCUT2D eigenvalue weighted by Gasteiger charge is -2.25. The van der Waals surface area contributed by atoms with Gasteiger partial charge in [0.25, 0.3) is 15.9 Å². The number of amides is 1. The number of hydrogen-bond donors (Lipinski definition) is 1. The highest BCUT2D eigenvalue weighted by atomic mass is 32.2. The first-order valence-corrected chi connectivity index (χ1v) is 17.5. The number of rotatable bonds is 13. The zero-order valence-corrected chi connectivity index (χ0v) is 29.8. The van der Waals surface area contributed by atoms with Crippen molar-refractivity contribution in [2.75, 3.05) is 51.7 Å². The molecule has 16 heteroatoms. The molecule has 0 aliphatic carbocycles. The van der Waals surface area contributed by atoms with E-state index in [9.17, 15) is 22.0 Å². The summed E-state index contributed by atoms with van der Waals surface area (Å²) in [4.78, 5) is 28.0. The molecule has 1 amide bonds. The van der Waals surface area contributed by atoms with Crippen molar-refractivity contribution in [3.05, 3.63) is 83.4 Å². The van der Waals surface area contributed by atoms with E-state index in [-0.39, 0.29) is 67.5 Å². The lowest BCUT2D eigenvalue weighted by atomic mass is 10.1. The summed E-state index contributed by atoms with van der Waals surface area (Å²) in [6.07, 6.45) is 2.21. The molecule has 1 saturated heterocycles. The fourth-order valence-corrected chi connectivity index (χ4v) is 7.02. The molecule has 0 unspecified atom stereocenters. The van der Waals surface area contributed by atoms with Gasteiger partial charge in [-0.3, -0.25) is 4.79 Å². The van der Waals surface area contributed by atoms with Crippen LogP contribution in [0.1, 0.15) is 46.6 Å². The highest BCUT2D eigenvalue weighted by Crippen LogP contribution is 2.33. The lowest BCUT2D eigenvalue weighted by Crippen LogP contribution is -2.31. The van der Waals surface area contributed by atoms with Gasteiger partial charge in [-0.1, -0.05) is 12.1 Å². The molecule has 3 heterocycles. The van der Waals surface area contributed by atoms with Crippen LogP contribution >= 0.6 is 0 Å². The molecule has 13 nitrogen and oxygen atoms in total. The molecule has 1 aliphatic rings. The van der Waals surface area contributed by atoms with Crippen molar-refractivity contribution in [2.24, 2.45) is 0 Å². The number of carbonyl (C=O) groups excluding carboxylic acids is 1. The molecule has 51 heavy (non-hydrogen) atoms. The number of anilines is 2. The van der Waals surface area contributed by atoms with Crippen LogP contribution in [0, 0.1) is 6.92 Å². The van der Waals surface area contributed by atoms with Gasteiger partial charge in [0.1, 0.15) is 40.2 Å². The van der Waals surface area contributed by atoms with Crippen molar-refractivity contribution in [2.45, 2.75) is 50.2 Å². The van der Waals surface area contributed by atoms with E-state index in [0.29, 0.717) is 39.9 Å². The first-order chi connectivity index (χ1) is 24.4. The van der Waals surface area contributed by atoms with E-state index in [0.717, 1.165) is 0 Å². The Bertz CT molecular complexity index is 1920. The number of nitrogens with one attached hydrogen (secondary N) is 1. The third-order valence-corrected chi connectivity index (χ3v) is 10.1. The Labute approximate surface area is 295 Å². The zero-order valence-electron chi connectivity index (χ0n) is 29.0. The van der Waals surface area contributed by atoms with Crippen LogP contribution in [0.3, 0.4) is 0 Å². The zero-order chi connectivity index (χ0) is 36.8. The number of alkyl halides is 2. The molecule has 0 spiro atoms. The Morgan fingerprint density at radius 1 is 0.882 bits per heavy atom. The minimum atomic E-state index is -4.35. The van der Waals surface area contributed by atoms with Gasteiger partial charge in [-0.2, -0.15) is 4.31 Å². The van der Waals surface area contributed by atoms with Crippen LogP contribution < -0.4 is 29.2 Å². The molecule has 0 bridgehead atoms. The van der Waals surface area contributed by atoms with E-state index < -0.39 is 21.9 Å². The smallest absolute Gasteiger partial charge is 0.261 e. The van der Waals surface area contributed by atoms with Crippen molar-refractivity contribution in [3.8, 4) is 23.0 Å². The van der Waals surface area contributed by atoms with Crippen molar-refractivity contribution in [3.63, 3.8) is 0 Å². The van der Waals surface area contributed by atoms with Crippen molar-refractivity contribution in [1.29, 1.82) is 0 Å². The molecule has 1 aliphatic heterocycles.